The van der Waals surface area contributed by atoms with E-state index in [1.54, 1.807) is 91.9 Å². The maximum absolute atomic E-state index is 13.3. The van der Waals surface area contributed by atoms with Crippen LogP contribution in [0.2, 0.25) is 5.02 Å². The fourth-order valence-corrected chi connectivity index (χ4v) is 4.72. The number of anilines is 2. The van der Waals surface area contributed by atoms with Gasteiger partial charge < -0.3 is 16.0 Å². The molecule has 0 aromatic heterocycles. The van der Waals surface area contributed by atoms with Crippen molar-refractivity contribution < 1.29 is 19.3 Å². The second kappa shape index (κ2) is 14.1. The first kappa shape index (κ1) is 30.0. The molecule has 0 radical (unpaired) electrons. The van der Waals surface area contributed by atoms with Crippen LogP contribution in [-0.4, -0.2) is 27.9 Å². The summed E-state index contributed by atoms with van der Waals surface area (Å²) in [5.41, 5.74) is 1.13. The maximum atomic E-state index is 13.3. The van der Waals surface area contributed by atoms with Crippen molar-refractivity contribution in [3.63, 3.8) is 0 Å². The zero-order valence-electron chi connectivity index (χ0n) is 22.2. The number of para-hydroxylation sites is 1. The van der Waals surface area contributed by atoms with Gasteiger partial charge in [0.15, 0.2) is 0 Å². The van der Waals surface area contributed by atoms with Gasteiger partial charge in [0.2, 0.25) is 5.91 Å². The summed E-state index contributed by atoms with van der Waals surface area (Å²) in [6, 6.07) is 27.8. The Morgan fingerprint density at radius 1 is 0.833 bits per heavy atom. The van der Waals surface area contributed by atoms with Crippen LogP contribution in [0.25, 0.3) is 6.08 Å². The Morgan fingerprint density at radius 3 is 2.10 bits per heavy atom. The van der Waals surface area contributed by atoms with E-state index in [-0.39, 0.29) is 22.9 Å². The smallest absolute Gasteiger partial charge is 0.276 e. The van der Waals surface area contributed by atoms with E-state index in [9.17, 15) is 24.5 Å². The molecule has 0 aliphatic rings. The van der Waals surface area contributed by atoms with Crippen molar-refractivity contribution in [2.24, 2.45) is 0 Å². The van der Waals surface area contributed by atoms with Gasteiger partial charge in [-0.2, -0.15) is 0 Å². The number of nitro benzene ring substituents is 1. The second-order valence-corrected chi connectivity index (χ2v) is 10.8. The van der Waals surface area contributed by atoms with Gasteiger partial charge in [0, 0.05) is 32.9 Å². The molecule has 1 atom stereocenters. The van der Waals surface area contributed by atoms with Crippen molar-refractivity contribution in [3.05, 3.63) is 135 Å². The Morgan fingerprint density at radius 2 is 1.43 bits per heavy atom. The number of carbonyl (C=O) groups excluding carboxylic acids is 3. The van der Waals surface area contributed by atoms with Gasteiger partial charge in [0.1, 0.15) is 5.70 Å². The van der Waals surface area contributed by atoms with Crippen molar-refractivity contribution in [1.82, 2.24) is 5.32 Å². The number of halogens is 1. The van der Waals surface area contributed by atoms with E-state index in [0.29, 0.717) is 22.0 Å². The van der Waals surface area contributed by atoms with Crippen molar-refractivity contribution in [3.8, 4) is 0 Å². The highest BCUT2D eigenvalue weighted by molar-refractivity contribution is 8.00. The summed E-state index contributed by atoms with van der Waals surface area (Å²) in [4.78, 5) is 50.5. The summed E-state index contributed by atoms with van der Waals surface area (Å²) in [6.07, 6.45) is 1.26. The van der Waals surface area contributed by atoms with Gasteiger partial charge in [-0.1, -0.05) is 41.9 Å². The molecule has 3 amide bonds. The number of rotatable bonds is 10. The highest BCUT2D eigenvalue weighted by Crippen LogP contribution is 2.26. The second-order valence-electron chi connectivity index (χ2n) is 8.93. The summed E-state index contributed by atoms with van der Waals surface area (Å²) in [5, 5.41) is 19.8. The molecule has 42 heavy (non-hydrogen) atoms. The average Bonchev–Trinajstić information content (AvgIpc) is 2.99. The molecule has 0 fully saturated rings. The van der Waals surface area contributed by atoms with Crippen molar-refractivity contribution >= 4 is 64.2 Å². The number of nitro groups is 1. The van der Waals surface area contributed by atoms with Crippen molar-refractivity contribution in [2.45, 2.75) is 17.1 Å². The molecule has 1 unspecified atom stereocenters. The van der Waals surface area contributed by atoms with Gasteiger partial charge >= 0.3 is 0 Å². The molecule has 4 rings (SSSR count). The van der Waals surface area contributed by atoms with E-state index in [4.69, 9.17) is 11.6 Å². The molecule has 4 aromatic rings. The third kappa shape index (κ3) is 8.29. The molecular weight excluding hydrogens is 576 g/mol. The van der Waals surface area contributed by atoms with Crippen LogP contribution in [0.15, 0.2) is 114 Å². The minimum atomic E-state index is -0.673. The zero-order valence-corrected chi connectivity index (χ0v) is 23.8. The topological polar surface area (TPSA) is 130 Å². The van der Waals surface area contributed by atoms with E-state index in [1.807, 2.05) is 0 Å². The molecular formula is C31H25ClN4O5S. The lowest BCUT2D eigenvalue weighted by molar-refractivity contribution is -0.385. The van der Waals surface area contributed by atoms with E-state index in [2.05, 4.69) is 16.0 Å². The normalized spacial score (nSPS) is 11.7. The predicted octanol–water partition coefficient (Wildman–Crippen LogP) is 6.78. The Balaban J connectivity index is 1.47. The molecule has 4 aromatic carbocycles. The van der Waals surface area contributed by atoms with Crippen LogP contribution in [0, 0.1) is 10.1 Å². The molecule has 0 spiro atoms. The van der Waals surface area contributed by atoms with Gasteiger partial charge in [-0.25, -0.2) is 0 Å². The van der Waals surface area contributed by atoms with E-state index in [0.717, 1.165) is 4.90 Å². The van der Waals surface area contributed by atoms with Crippen LogP contribution in [0.3, 0.4) is 0 Å². The van der Waals surface area contributed by atoms with Gasteiger partial charge in [0.25, 0.3) is 17.5 Å². The fourth-order valence-electron chi connectivity index (χ4n) is 3.72. The first-order valence-electron chi connectivity index (χ1n) is 12.7. The maximum Gasteiger partial charge on any atom is 0.276 e. The zero-order chi connectivity index (χ0) is 30.1. The molecule has 0 aliphatic carbocycles. The van der Waals surface area contributed by atoms with E-state index in [1.165, 1.54) is 36.0 Å². The van der Waals surface area contributed by atoms with Crippen LogP contribution < -0.4 is 16.0 Å². The van der Waals surface area contributed by atoms with Crippen LogP contribution in [0.5, 0.6) is 0 Å². The molecule has 0 saturated carbocycles. The standard InChI is InChI=1S/C31H25ClN4O5S/c1-20(29(37)33-24-13-11-23(32)12-14-24)42-26-17-15-25(16-18-26)34-31(39)27(35-30(38)21-7-3-2-4-8-21)19-22-9-5-6-10-28(22)36(40)41/h2-20H,1H3,(H,33,37)(H,34,39)(H,35,38)/b27-19-. The Labute approximate surface area is 251 Å². The molecule has 0 heterocycles. The first-order chi connectivity index (χ1) is 20.2. The summed E-state index contributed by atoms with van der Waals surface area (Å²) in [7, 11) is 0. The highest BCUT2D eigenvalue weighted by Gasteiger charge is 2.19. The van der Waals surface area contributed by atoms with E-state index < -0.39 is 22.0 Å². The summed E-state index contributed by atoms with van der Waals surface area (Å²) in [6.45, 7) is 1.78. The fraction of sp³-hybridized carbons (Fsp3) is 0.0645. The molecule has 3 N–H and O–H groups in total. The monoisotopic (exact) mass is 600 g/mol. The summed E-state index contributed by atoms with van der Waals surface area (Å²) >= 11 is 7.23. The predicted molar refractivity (Wildman–Crippen MR) is 165 cm³/mol. The van der Waals surface area contributed by atoms with Crippen molar-refractivity contribution in [1.29, 1.82) is 0 Å². The largest absolute Gasteiger partial charge is 0.325 e. The first-order valence-corrected chi connectivity index (χ1v) is 13.9. The highest BCUT2D eigenvalue weighted by atomic mass is 35.5. The van der Waals surface area contributed by atoms with Crippen molar-refractivity contribution in [2.75, 3.05) is 10.6 Å². The lowest BCUT2D eigenvalue weighted by Crippen LogP contribution is -2.30. The number of nitrogens with zero attached hydrogens (tertiary/aromatic N) is 1. The van der Waals surface area contributed by atoms with Crippen LogP contribution in [0.4, 0.5) is 17.1 Å². The quantitative estimate of drug-likeness (QED) is 0.0796. The minimum Gasteiger partial charge on any atom is -0.325 e. The van der Waals surface area contributed by atoms with Crippen LogP contribution in [0.1, 0.15) is 22.8 Å². The summed E-state index contributed by atoms with van der Waals surface area (Å²) in [5.74, 6) is -1.40. The third-order valence-corrected chi connectivity index (χ3v) is 7.23. The number of amides is 3. The Hall–Kier alpha value is -4.93. The van der Waals surface area contributed by atoms with Crippen LogP contribution >= 0.6 is 23.4 Å². The van der Waals surface area contributed by atoms with Gasteiger partial charge in [-0.3, -0.25) is 24.5 Å². The average molecular weight is 601 g/mol. The van der Waals surface area contributed by atoms with Gasteiger partial charge in [0.05, 0.1) is 15.7 Å². The van der Waals surface area contributed by atoms with Crippen LogP contribution in [-0.2, 0) is 9.59 Å². The minimum absolute atomic E-state index is 0.152. The number of hydrogen-bond donors (Lipinski definition) is 3. The SMILES string of the molecule is CC(Sc1ccc(NC(=O)/C(=C/c2ccccc2[N+](=O)[O-])NC(=O)c2ccccc2)cc1)C(=O)Nc1ccc(Cl)cc1. The summed E-state index contributed by atoms with van der Waals surface area (Å²) < 4.78 is 0. The van der Waals surface area contributed by atoms with Gasteiger partial charge in [-0.05, 0) is 79.7 Å². The number of nitrogens with one attached hydrogen (secondary N) is 3. The molecule has 0 aliphatic heterocycles. The molecule has 0 saturated heterocycles. The number of thioether (sulfide) groups is 1. The third-order valence-electron chi connectivity index (χ3n) is 5.87. The molecule has 11 heteroatoms. The molecule has 9 nitrogen and oxygen atoms in total. The van der Waals surface area contributed by atoms with Gasteiger partial charge in [-0.15, -0.1) is 11.8 Å². The number of hydrogen-bond acceptors (Lipinski definition) is 6. The number of benzene rings is 4. The molecule has 212 valence electrons. The Kier molecular flexibility index (Phi) is 10.1. The lowest BCUT2D eigenvalue weighted by atomic mass is 10.1. The van der Waals surface area contributed by atoms with E-state index >= 15 is 0 Å². The lowest BCUT2D eigenvalue weighted by Gasteiger charge is -2.13. The Bertz CT molecular complexity index is 1630. The molecule has 0 bridgehead atoms. The number of carbonyl (C=O) groups is 3.